The molecule has 1 rings (SSSR count). The molecule has 0 spiro atoms. The maximum Gasteiger partial charge on any atom is 0.188 e. The number of pyridine rings is 1. The highest BCUT2D eigenvalue weighted by Gasteiger charge is 2.13. The Morgan fingerprint density at radius 3 is 2.19 bits per heavy atom. The summed E-state index contributed by atoms with van der Waals surface area (Å²) in [5.41, 5.74) is 2.86. The number of allylic oxidation sites excluding steroid dienone is 1. The molecule has 0 fully saturated rings. The van der Waals surface area contributed by atoms with Crippen molar-refractivity contribution in [1.82, 2.24) is 4.73 Å². The Labute approximate surface area is 128 Å². The van der Waals surface area contributed by atoms with E-state index in [0.29, 0.717) is 17.0 Å². The van der Waals surface area contributed by atoms with E-state index in [9.17, 15) is 10.0 Å². The standard InChI is InChI=1S/C18H29NO2/c1-5-6-7-8-9-10-11-12-13-17-16(4)19(21)15(3)14(2)18(17)20/h5,21H,1,6-13H2,2-4H3. The van der Waals surface area contributed by atoms with E-state index in [4.69, 9.17) is 0 Å². The quantitative estimate of drug-likeness (QED) is 0.414. The monoisotopic (exact) mass is 291 g/mol. The highest BCUT2D eigenvalue weighted by atomic mass is 16.5. The van der Waals surface area contributed by atoms with Crippen molar-refractivity contribution in [1.29, 1.82) is 0 Å². The van der Waals surface area contributed by atoms with Crippen molar-refractivity contribution in [3.8, 4) is 0 Å². The van der Waals surface area contributed by atoms with E-state index >= 15 is 0 Å². The summed E-state index contributed by atoms with van der Waals surface area (Å²) < 4.78 is 1.15. The van der Waals surface area contributed by atoms with Gasteiger partial charge in [0.05, 0.1) is 11.4 Å². The van der Waals surface area contributed by atoms with Crippen LogP contribution in [0.15, 0.2) is 17.4 Å². The van der Waals surface area contributed by atoms with E-state index in [1.807, 2.05) is 13.0 Å². The van der Waals surface area contributed by atoms with E-state index in [0.717, 1.165) is 36.0 Å². The third-order valence-electron chi connectivity index (χ3n) is 4.31. The maximum absolute atomic E-state index is 12.3. The molecule has 0 bridgehead atoms. The van der Waals surface area contributed by atoms with Gasteiger partial charge in [0.15, 0.2) is 5.43 Å². The van der Waals surface area contributed by atoms with Crippen LogP contribution in [0.3, 0.4) is 0 Å². The van der Waals surface area contributed by atoms with Crippen molar-refractivity contribution in [2.24, 2.45) is 0 Å². The Bertz CT molecular complexity index is 529. The van der Waals surface area contributed by atoms with Crippen LogP contribution in [-0.2, 0) is 6.42 Å². The second-order valence-electron chi connectivity index (χ2n) is 5.86. The molecule has 1 aromatic rings. The summed E-state index contributed by atoms with van der Waals surface area (Å²) in [4.78, 5) is 12.3. The Morgan fingerprint density at radius 1 is 1.00 bits per heavy atom. The zero-order valence-electron chi connectivity index (χ0n) is 13.7. The van der Waals surface area contributed by atoms with Crippen molar-refractivity contribution in [3.05, 3.63) is 45.4 Å². The van der Waals surface area contributed by atoms with Gasteiger partial charge in [0.1, 0.15) is 0 Å². The fourth-order valence-electron chi connectivity index (χ4n) is 2.69. The second kappa shape index (κ2) is 8.71. The van der Waals surface area contributed by atoms with Gasteiger partial charge in [-0.05, 0) is 46.5 Å². The van der Waals surface area contributed by atoms with Crippen LogP contribution in [0.1, 0.15) is 67.5 Å². The summed E-state index contributed by atoms with van der Waals surface area (Å²) in [6, 6.07) is 0. The van der Waals surface area contributed by atoms with Gasteiger partial charge in [-0.2, -0.15) is 4.73 Å². The van der Waals surface area contributed by atoms with Gasteiger partial charge in [0.25, 0.3) is 0 Å². The van der Waals surface area contributed by atoms with Gasteiger partial charge in [0.2, 0.25) is 0 Å². The smallest absolute Gasteiger partial charge is 0.188 e. The molecular weight excluding hydrogens is 262 g/mol. The molecule has 0 radical (unpaired) electrons. The zero-order chi connectivity index (χ0) is 15.8. The van der Waals surface area contributed by atoms with Gasteiger partial charge in [-0.3, -0.25) is 4.79 Å². The number of aromatic nitrogens is 1. The van der Waals surface area contributed by atoms with E-state index in [2.05, 4.69) is 6.58 Å². The molecule has 0 unspecified atom stereocenters. The lowest BCUT2D eigenvalue weighted by Crippen LogP contribution is -2.22. The third kappa shape index (κ3) is 4.76. The van der Waals surface area contributed by atoms with Crippen molar-refractivity contribution in [3.63, 3.8) is 0 Å². The molecule has 0 aliphatic rings. The average Bonchev–Trinajstić information content (AvgIpc) is 2.49. The average molecular weight is 291 g/mol. The number of hydrogen-bond acceptors (Lipinski definition) is 2. The molecule has 0 amide bonds. The summed E-state index contributed by atoms with van der Waals surface area (Å²) in [6.45, 7) is 9.10. The fraction of sp³-hybridized carbons (Fsp3) is 0.611. The molecule has 3 heteroatoms. The number of nitrogens with zero attached hydrogens (tertiary/aromatic N) is 1. The molecule has 1 N–H and O–H groups in total. The summed E-state index contributed by atoms with van der Waals surface area (Å²) in [5, 5.41) is 9.99. The van der Waals surface area contributed by atoms with Crippen LogP contribution in [0.2, 0.25) is 0 Å². The van der Waals surface area contributed by atoms with Crippen molar-refractivity contribution >= 4 is 0 Å². The van der Waals surface area contributed by atoms with Crippen LogP contribution in [-0.4, -0.2) is 9.94 Å². The SMILES string of the molecule is C=CCCCCCCCCc1c(C)n(O)c(C)c(C)c1=O. The van der Waals surface area contributed by atoms with Gasteiger partial charge in [-0.15, -0.1) is 6.58 Å². The van der Waals surface area contributed by atoms with Crippen molar-refractivity contribution in [2.45, 2.75) is 72.1 Å². The highest BCUT2D eigenvalue weighted by molar-refractivity contribution is 5.29. The lowest BCUT2D eigenvalue weighted by molar-refractivity contribution is 0.169. The van der Waals surface area contributed by atoms with E-state index in [1.54, 1.807) is 13.8 Å². The van der Waals surface area contributed by atoms with Crippen LogP contribution in [0.4, 0.5) is 0 Å². The molecule has 0 aromatic carbocycles. The van der Waals surface area contributed by atoms with Crippen molar-refractivity contribution < 1.29 is 5.21 Å². The van der Waals surface area contributed by atoms with Crippen LogP contribution in [0.25, 0.3) is 0 Å². The van der Waals surface area contributed by atoms with Gasteiger partial charge in [-0.1, -0.05) is 31.8 Å². The Kier molecular flexibility index (Phi) is 7.27. The van der Waals surface area contributed by atoms with Crippen LogP contribution in [0.5, 0.6) is 0 Å². The third-order valence-corrected chi connectivity index (χ3v) is 4.31. The first-order valence-electron chi connectivity index (χ1n) is 8.02. The first-order valence-corrected chi connectivity index (χ1v) is 8.02. The largest absolute Gasteiger partial charge is 0.428 e. The normalized spacial score (nSPS) is 10.8. The van der Waals surface area contributed by atoms with Gasteiger partial charge >= 0.3 is 0 Å². The number of hydrogen-bond donors (Lipinski definition) is 1. The second-order valence-corrected chi connectivity index (χ2v) is 5.86. The van der Waals surface area contributed by atoms with E-state index in [-0.39, 0.29) is 5.43 Å². The Balaban J connectivity index is 2.46. The fourth-order valence-corrected chi connectivity index (χ4v) is 2.69. The zero-order valence-corrected chi connectivity index (χ0v) is 13.7. The molecule has 0 aliphatic carbocycles. The minimum Gasteiger partial charge on any atom is -0.428 e. The van der Waals surface area contributed by atoms with Gasteiger partial charge < -0.3 is 5.21 Å². The first-order chi connectivity index (χ1) is 10.0. The first kappa shape index (κ1) is 17.5. The minimum absolute atomic E-state index is 0.0984. The molecule has 1 heterocycles. The number of unbranched alkanes of at least 4 members (excludes halogenated alkanes) is 6. The van der Waals surface area contributed by atoms with Crippen LogP contribution >= 0.6 is 0 Å². The lowest BCUT2D eigenvalue weighted by Gasteiger charge is -2.14. The maximum atomic E-state index is 12.3. The van der Waals surface area contributed by atoms with Crippen molar-refractivity contribution in [2.75, 3.05) is 0 Å². The van der Waals surface area contributed by atoms with Gasteiger partial charge in [0, 0.05) is 11.1 Å². The predicted octanol–water partition coefficient (Wildman–Crippen LogP) is 4.47. The number of rotatable bonds is 9. The molecular formula is C18H29NO2. The predicted molar refractivity (Wildman–Crippen MR) is 88.3 cm³/mol. The van der Waals surface area contributed by atoms with Crippen LogP contribution in [0, 0.1) is 20.8 Å². The highest BCUT2D eigenvalue weighted by Crippen LogP contribution is 2.14. The van der Waals surface area contributed by atoms with E-state index in [1.165, 1.54) is 25.7 Å². The minimum atomic E-state index is 0.0984. The summed E-state index contributed by atoms with van der Waals surface area (Å²) >= 11 is 0. The lowest BCUT2D eigenvalue weighted by atomic mass is 10.0. The van der Waals surface area contributed by atoms with E-state index < -0.39 is 0 Å². The van der Waals surface area contributed by atoms with Gasteiger partial charge in [-0.25, -0.2) is 0 Å². The molecule has 1 aromatic heterocycles. The molecule has 0 saturated heterocycles. The molecule has 3 nitrogen and oxygen atoms in total. The Hall–Kier alpha value is -1.51. The summed E-state index contributed by atoms with van der Waals surface area (Å²) in [6.07, 6.45) is 11.0. The molecule has 118 valence electrons. The molecule has 0 saturated carbocycles. The Morgan fingerprint density at radius 2 is 1.57 bits per heavy atom. The molecule has 0 atom stereocenters. The molecule has 0 aliphatic heterocycles. The molecule has 21 heavy (non-hydrogen) atoms. The summed E-state index contributed by atoms with van der Waals surface area (Å²) in [5.74, 6) is 0. The van der Waals surface area contributed by atoms with Crippen LogP contribution < -0.4 is 5.43 Å². The summed E-state index contributed by atoms with van der Waals surface area (Å²) in [7, 11) is 0. The topological polar surface area (TPSA) is 42.2 Å².